The second kappa shape index (κ2) is 7.40. The number of hydrogen-bond acceptors (Lipinski definition) is 4. The summed E-state index contributed by atoms with van der Waals surface area (Å²) >= 11 is 5.69. The summed E-state index contributed by atoms with van der Waals surface area (Å²) in [6.45, 7) is 8.63. The summed E-state index contributed by atoms with van der Waals surface area (Å²) in [4.78, 5) is 6.03. The highest BCUT2D eigenvalue weighted by Gasteiger charge is 2.30. The van der Waals surface area contributed by atoms with Crippen molar-refractivity contribution in [1.82, 2.24) is 19.2 Å². The first-order chi connectivity index (χ1) is 13.1. The van der Waals surface area contributed by atoms with Crippen molar-refractivity contribution in [3.8, 4) is 5.75 Å². The minimum Gasteiger partial charge on any atom is -0.494 e. The molecule has 142 valence electrons. The van der Waals surface area contributed by atoms with Crippen molar-refractivity contribution in [2.75, 3.05) is 13.2 Å². The van der Waals surface area contributed by atoms with Gasteiger partial charge in [-0.3, -0.25) is 4.40 Å². The van der Waals surface area contributed by atoms with Gasteiger partial charge in [-0.25, -0.2) is 4.98 Å². The molecular weight excluding hydrogens is 358 g/mol. The second-order valence-corrected chi connectivity index (χ2v) is 7.58. The minimum absolute atomic E-state index is 0.461. The Morgan fingerprint density at radius 3 is 2.78 bits per heavy atom. The van der Waals surface area contributed by atoms with E-state index in [-0.39, 0.29) is 0 Å². The van der Waals surface area contributed by atoms with E-state index in [1.807, 2.05) is 29.0 Å². The average molecular weight is 385 g/mol. The van der Waals surface area contributed by atoms with E-state index >= 15 is 0 Å². The van der Waals surface area contributed by atoms with Crippen LogP contribution in [0.1, 0.15) is 42.8 Å². The van der Waals surface area contributed by atoms with Gasteiger partial charge in [0.25, 0.3) is 5.78 Å². The quantitative estimate of drug-likeness (QED) is 0.687. The van der Waals surface area contributed by atoms with Crippen LogP contribution < -0.4 is 9.64 Å². The molecule has 1 fully saturated rings. The van der Waals surface area contributed by atoms with Crippen molar-refractivity contribution < 1.29 is 9.64 Å². The van der Waals surface area contributed by atoms with E-state index in [0.717, 1.165) is 35.1 Å². The van der Waals surface area contributed by atoms with E-state index in [0.29, 0.717) is 18.4 Å². The molecule has 0 amide bonds. The molecule has 0 bridgehead atoms. The Morgan fingerprint density at radius 1 is 1.26 bits per heavy atom. The van der Waals surface area contributed by atoms with E-state index in [1.165, 1.54) is 23.3 Å². The highest BCUT2D eigenvalue weighted by atomic mass is 32.1. The fourth-order valence-corrected chi connectivity index (χ4v) is 4.43. The van der Waals surface area contributed by atoms with Crippen LogP contribution in [0.15, 0.2) is 30.3 Å². The van der Waals surface area contributed by atoms with E-state index < -0.39 is 0 Å². The topological polar surface area (TPSA) is 48.8 Å². The van der Waals surface area contributed by atoms with Gasteiger partial charge in [-0.05, 0) is 63.3 Å². The molecule has 0 spiro atoms. The Bertz CT molecular complexity index is 1010. The summed E-state index contributed by atoms with van der Waals surface area (Å²) < 4.78 is 10.2. The maximum Gasteiger partial charge on any atom is 0.254 e. The van der Waals surface area contributed by atoms with E-state index in [9.17, 15) is 0 Å². The van der Waals surface area contributed by atoms with Gasteiger partial charge in [0.15, 0.2) is 6.67 Å². The lowest BCUT2D eigenvalue weighted by Gasteiger charge is -2.21. The number of nitrogens with zero attached hydrogens (tertiary/aromatic N) is 4. The standard InChI is InChI=1S/C20H25N5OS/c1-4-26-17-9-7-16(8-10-17)18-6-5-11-23(18)13-24-20(27)25-15(3)12-14(2)21-19(25)22-24/h7-10,12,18H,4-6,11,13H2,1-3H3/p+1/t18-/m1/s1. The van der Waals surface area contributed by atoms with Gasteiger partial charge in [0.1, 0.15) is 11.8 Å². The molecule has 27 heavy (non-hydrogen) atoms. The van der Waals surface area contributed by atoms with Crippen LogP contribution in [-0.2, 0) is 6.67 Å². The molecule has 0 radical (unpaired) electrons. The maximum atomic E-state index is 5.69. The largest absolute Gasteiger partial charge is 0.494 e. The lowest BCUT2D eigenvalue weighted by molar-refractivity contribution is -0.941. The van der Waals surface area contributed by atoms with Crippen molar-refractivity contribution in [2.24, 2.45) is 0 Å². The Labute approximate surface area is 164 Å². The fourth-order valence-electron chi connectivity index (χ4n) is 4.10. The molecule has 2 aromatic heterocycles. The molecule has 4 rings (SSSR count). The normalized spacial score (nSPS) is 19.7. The third kappa shape index (κ3) is 3.49. The predicted molar refractivity (Wildman–Crippen MR) is 107 cm³/mol. The van der Waals surface area contributed by atoms with Crippen molar-refractivity contribution in [1.29, 1.82) is 0 Å². The molecule has 0 aliphatic carbocycles. The molecule has 0 saturated carbocycles. The number of quaternary nitrogens is 1. The molecule has 7 heteroatoms. The predicted octanol–water partition coefficient (Wildman–Crippen LogP) is 2.65. The summed E-state index contributed by atoms with van der Waals surface area (Å²) in [5.74, 6) is 1.62. The SMILES string of the molecule is CCOc1ccc([C@H]2CCC[NH+]2Cn2nc3nc(C)cc(C)n3c2=S)cc1. The number of likely N-dealkylation sites (tertiary alicyclic amines) is 1. The van der Waals surface area contributed by atoms with E-state index in [4.69, 9.17) is 17.0 Å². The highest BCUT2D eigenvalue weighted by Crippen LogP contribution is 2.22. The maximum absolute atomic E-state index is 5.69. The minimum atomic E-state index is 0.461. The van der Waals surface area contributed by atoms with Crippen LogP contribution in [0.3, 0.4) is 0 Å². The first kappa shape index (κ1) is 18.1. The first-order valence-corrected chi connectivity index (χ1v) is 9.99. The third-order valence-electron chi connectivity index (χ3n) is 5.30. The monoisotopic (exact) mass is 384 g/mol. The number of aromatic nitrogens is 4. The zero-order chi connectivity index (χ0) is 19.0. The average Bonchev–Trinajstić information content (AvgIpc) is 3.21. The van der Waals surface area contributed by atoms with Crippen molar-refractivity contribution >= 4 is 18.0 Å². The smallest absolute Gasteiger partial charge is 0.254 e. The van der Waals surface area contributed by atoms with Crippen molar-refractivity contribution in [3.63, 3.8) is 0 Å². The lowest BCUT2D eigenvalue weighted by atomic mass is 10.0. The van der Waals surface area contributed by atoms with Gasteiger partial charge in [0.05, 0.1) is 13.2 Å². The molecule has 1 aromatic carbocycles. The zero-order valence-electron chi connectivity index (χ0n) is 16.1. The molecule has 1 aliphatic rings. The second-order valence-electron chi connectivity index (χ2n) is 7.22. The van der Waals surface area contributed by atoms with E-state index in [2.05, 4.69) is 41.3 Å². The van der Waals surface area contributed by atoms with Crippen molar-refractivity contribution in [3.05, 3.63) is 52.1 Å². The van der Waals surface area contributed by atoms with Gasteiger partial charge in [-0.15, -0.1) is 5.10 Å². The highest BCUT2D eigenvalue weighted by molar-refractivity contribution is 7.71. The van der Waals surface area contributed by atoms with Crippen LogP contribution in [0.25, 0.3) is 5.78 Å². The van der Waals surface area contributed by atoms with E-state index in [1.54, 1.807) is 0 Å². The molecule has 3 aromatic rings. The number of nitrogens with one attached hydrogen (secondary N) is 1. The summed E-state index contributed by atoms with van der Waals surface area (Å²) in [7, 11) is 0. The lowest BCUT2D eigenvalue weighted by Crippen LogP contribution is -3.09. The summed E-state index contributed by atoms with van der Waals surface area (Å²) in [6.07, 6.45) is 2.39. The third-order valence-corrected chi connectivity index (χ3v) is 5.69. The van der Waals surface area contributed by atoms with Gasteiger partial charge in [-0.2, -0.15) is 4.68 Å². The number of ether oxygens (including phenoxy) is 1. The van der Waals surface area contributed by atoms with Crippen molar-refractivity contribution in [2.45, 2.75) is 46.3 Å². The molecule has 2 atom stereocenters. The Balaban J connectivity index is 1.60. The number of hydrogen-bond donors (Lipinski definition) is 1. The van der Waals surface area contributed by atoms with Crippen LogP contribution in [-0.4, -0.2) is 32.3 Å². The molecular formula is C20H26N5OS+. The number of fused-ring (bicyclic) bond motifs is 1. The van der Waals surface area contributed by atoms with Crippen LogP contribution in [0.4, 0.5) is 0 Å². The van der Waals surface area contributed by atoms with Gasteiger partial charge in [0.2, 0.25) is 4.77 Å². The molecule has 1 aliphatic heterocycles. The fraction of sp³-hybridized carbons (Fsp3) is 0.450. The summed E-state index contributed by atoms with van der Waals surface area (Å²) in [5.41, 5.74) is 3.40. The first-order valence-electron chi connectivity index (χ1n) is 9.58. The Hall–Kier alpha value is -2.25. The molecule has 1 saturated heterocycles. The van der Waals surface area contributed by atoms with Crippen LogP contribution in [0.2, 0.25) is 0 Å². The molecule has 6 nitrogen and oxygen atoms in total. The van der Waals surface area contributed by atoms with Gasteiger partial charge < -0.3 is 9.64 Å². The molecule has 1 unspecified atom stereocenters. The molecule has 3 heterocycles. The van der Waals surface area contributed by atoms with Gasteiger partial charge in [-0.1, -0.05) is 0 Å². The Kier molecular flexibility index (Phi) is 4.97. The van der Waals surface area contributed by atoms with Crippen LogP contribution in [0.5, 0.6) is 5.75 Å². The number of rotatable bonds is 5. The summed E-state index contributed by atoms with van der Waals surface area (Å²) in [6, 6.07) is 11.0. The van der Waals surface area contributed by atoms with Gasteiger partial charge in [0, 0.05) is 29.8 Å². The van der Waals surface area contributed by atoms with Gasteiger partial charge >= 0.3 is 0 Å². The number of benzene rings is 1. The molecule has 1 N–H and O–H groups in total. The zero-order valence-corrected chi connectivity index (χ0v) is 16.9. The number of aryl methyl sites for hydroxylation is 2. The summed E-state index contributed by atoms with van der Waals surface area (Å²) in [5, 5.41) is 4.69. The van der Waals surface area contributed by atoms with Crippen LogP contribution in [0, 0.1) is 18.6 Å². The Morgan fingerprint density at radius 2 is 2.04 bits per heavy atom. The van der Waals surface area contributed by atoms with Crippen LogP contribution >= 0.6 is 12.2 Å².